The number of aryl methyl sites for hydroxylation is 1. The van der Waals surface area contributed by atoms with E-state index in [2.05, 4.69) is 10.2 Å². The number of amides is 1. The lowest BCUT2D eigenvalue weighted by molar-refractivity contribution is -0.134. The highest BCUT2D eigenvalue weighted by molar-refractivity contribution is 6.33. The van der Waals surface area contributed by atoms with Gasteiger partial charge >= 0.3 is 0 Å². The number of hydrogen-bond donors (Lipinski definition) is 2. The smallest absolute Gasteiger partial charge is 0.300 e. The van der Waals surface area contributed by atoms with Gasteiger partial charge in [-0.2, -0.15) is 0 Å². The molecule has 1 amide bonds. The molecule has 0 unspecified atom stereocenters. The van der Waals surface area contributed by atoms with Gasteiger partial charge < -0.3 is 24.8 Å². The van der Waals surface area contributed by atoms with E-state index >= 15 is 0 Å². The van der Waals surface area contributed by atoms with Gasteiger partial charge in [0.2, 0.25) is 0 Å². The number of nitrogens with zero attached hydrogens (tertiary/aromatic N) is 1. The van der Waals surface area contributed by atoms with Crippen molar-refractivity contribution in [3.63, 3.8) is 0 Å². The Hall–Kier alpha value is -3.71. The summed E-state index contributed by atoms with van der Waals surface area (Å²) in [6, 6.07) is 20.6. The normalized spacial score (nSPS) is 14.1. The summed E-state index contributed by atoms with van der Waals surface area (Å²) in [5.41, 5.74) is 3.06. The molecule has 0 fully saturated rings. The number of anilines is 2. The molecule has 0 aromatic heterocycles. The molecule has 3 aromatic carbocycles. The van der Waals surface area contributed by atoms with Crippen molar-refractivity contribution in [3.05, 3.63) is 82.9 Å². The standard InChI is InChI=1S/C24H23ClN2O3.C2H4O2/c1-16-13-17(11-12-19(16)24(28)26-21-8-4-3-7-20(21)25)29-15-18-14-27(2)22-9-5-6-10-23(22)30-18;1-2(3)4/h3-13,18H,14-15H2,1-2H3,(H,26,28);1H3,(H,3,4)/t18-;/m0./s1. The number of hydrogen-bond acceptors (Lipinski definition) is 5. The van der Waals surface area contributed by atoms with Gasteiger partial charge in [0.25, 0.3) is 11.9 Å². The number of halogens is 1. The van der Waals surface area contributed by atoms with Gasteiger partial charge in [-0.05, 0) is 55.0 Å². The van der Waals surface area contributed by atoms with Crippen LogP contribution >= 0.6 is 11.6 Å². The molecule has 7 nitrogen and oxygen atoms in total. The van der Waals surface area contributed by atoms with E-state index in [0.717, 1.165) is 30.5 Å². The van der Waals surface area contributed by atoms with Crippen LogP contribution in [-0.2, 0) is 4.79 Å². The van der Waals surface area contributed by atoms with Crippen LogP contribution < -0.4 is 19.7 Å². The zero-order chi connectivity index (χ0) is 24.7. The quantitative estimate of drug-likeness (QED) is 0.515. The van der Waals surface area contributed by atoms with Crippen LogP contribution in [-0.4, -0.2) is 43.3 Å². The van der Waals surface area contributed by atoms with Gasteiger partial charge in [-0.3, -0.25) is 9.59 Å². The summed E-state index contributed by atoms with van der Waals surface area (Å²) < 4.78 is 12.0. The first-order chi connectivity index (χ1) is 16.2. The Morgan fingerprint density at radius 3 is 2.53 bits per heavy atom. The molecule has 34 heavy (non-hydrogen) atoms. The van der Waals surface area contributed by atoms with Gasteiger partial charge in [0, 0.05) is 19.5 Å². The first kappa shape index (κ1) is 24.9. The second-order valence-electron chi connectivity index (χ2n) is 7.83. The van der Waals surface area contributed by atoms with Crippen LogP contribution in [0.3, 0.4) is 0 Å². The van der Waals surface area contributed by atoms with Gasteiger partial charge in [-0.25, -0.2) is 0 Å². The zero-order valence-corrected chi connectivity index (χ0v) is 20.0. The molecule has 1 aliphatic rings. The predicted molar refractivity (Wildman–Crippen MR) is 134 cm³/mol. The van der Waals surface area contributed by atoms with E-state index in [-0.39, 0.29) is 12.0 Å². The Morgan fingerprint density at radius 1 is 1.15 bits per heavy atom. The molecule has 0 saturated carbocycles. The fraction of sp³-hybridized carbons (Fsp3) is 0.231. The molecule has 2 N–H and O–H groups in total. The molecule has 0 spiro atoms. The second-order valence-corrected chi connectivity index (χ2v) is 8.24. The van der Waals surface area contributed by atoms with Crippen LogP contribution in [0.4, 0.5) is 11.4 Å². The number of rotatable bonds is 5. The van der Waals surface area contributed by atoms with Crippen molar-refractivity contribution in [1.82, 2.24) is 0 Å². The Morgan fingerprint density at radius 2 is 1.82 bits per heavy atom. The number of aliphatic carboxylic acids is 1. The fourth-order valence-corrected chi connectivity index (χ4v) is 3.68. The SMILES string of the molecule is CC(=O)O.Cc1cc(OC[C@@H]2CN(C)c3ccccc3O2)ccc1C(=O)Nc1ccccc1Cl. The summed E-state index contributed by atoms with van der Waals surface area (Å²) in [6.07, 6.45) is -0.0756. The van der Waals surface area contributed by atoms with Crippen molar-refractivity contribution >= 4 is 34.9 Å². The summed E-state index contributed by atoms with van der Waals surface area (Å²) in [6.45, 7) is 4.13. The molecule has 3 aromatic rings. The van der Waals surface area contributed by atoms with Gasteiger partial charge in [-0.15, -0.1) is 0 Å². The maximum absolute atomic E-state index is 12.6. The van der Waals surface area contributed by atoms with Crippen molar-refractivity contribution in [2.45, 2.75) is 20.0 Å². The number of carbonyl (C=O) groups is 2. The summed E-state index contributed by atoms with van der Waals surface area (Å²) in [5.74, 6) is 0.524. The van der Waals surface area contributed by atoms with Gasteiger partial charge in [0.15, 0.2) is 0 Å². The predicted octanol–water partition coefficient (Wildman–Crippen LogP) is 5.27. The minimum absolute atomic E-state index is 0.0756. The molecule has 1 atom stereocenters. The van der Waals surface area contributed by atoms with Crippen LogP contribution in [0, 0.1) is 6.92 Å². The number of likely N-dealkylation sites (N-methyl/N-ethyl adjacent to an activating group) is 1. The number of nitrogens with one attached hydrogen (secondary N) is 1. The Labute approximate surface area is 203 Å². The summed E-state index contributed by atoms with van der Waals surface area (Å²) in [7, 11) is 2.05. The third-order valence-corrected chi connectivity index (χ3v) is 5.38. The number of fused-ring (bicyclic) bond motifs is 1. The molecule has 1 heterocycles. The molecule has 0 aliphatic carbocycles. The maximum Gasteiger partial charge on any atom is 0.300 e. The average molecular weight is 483 g/mol. The largest absolute Gasteiger partial charge is 0.490 e. The second kappa shape index (κ2) is 11.4. The highest BCUT2D eigenvalue weighted by Crippen LogP contribution is 2.32. The third-order valence-electron chi connectivity index (χ3n) is 5.05. The zero-order valence-electron chi connectivity index (χ0n) is 19.2. The van der Waals surface area contributed by atoms with Gasteiger partial charge in [-0.1, -0.05) is 35.9 Å². The van der Waals surface area contributed by atoms with Crippen LogP contribution in [0.15, 0.2) is 66.7 Å². The minimum Gasteiger partial charge on any atom is -0.490 e. The number of para-hydroxylation sites is 3. The van der Waals surface area contributed by atoms with Crippen molar-refractivity contribution < 1.29 is 24.2 Å². The molecule has 8 heteroatoms. The lowest BCUT2D eigenvalue weighted by Gasteiger charge is -2.33. The first-order valence-corrected chi connectivity index (χ1v) is 11.1. The van der Waals surface area contributed by atoms with E-state index in [1.165, 1.54) is 0 Å². The summed E-state index contributed by atoms with van der Waals surface area (Å²) in [5, 5.41) is 10.8. The highest BCUT2D eigenvalue weighted by Gasteiger charge is 2.23. The number of carboxylic acid groups (broad SMARTS) is 1. The van der Waals surface area contributed by atoms with Gasteiger partial charge in [0.05, 0.1) is 22.9 Å². The summed E-state index contributed by atoms with van der Waals surface area (Å²) >= 11 is 6.13. The molecule has 0 saturated heterocycles. The van der Waals surface area contributed by atoms with Crippen LogP contribution in [0.1, 0.15) is 22.8 Å². The highest BCUT2D eigenvalue weighted by atomic mass is 35.5. The molecule has 178 valence electrons. The monoisotopic (exact) mass is 482 g/mol. The number of carboxylic acids is 1. The van der Waals surface area contributed by atoms with E-state index in [4.69, 9.17) is 31.0 Å². The molecule has 0 bridgehead atoms. The molecular formula is C26H27ClN2O5. The first-order valence-electron chi connectivity index (χ1n) is 10.7. The van der Waals surface area contributed by atoms with E-state index in [0.29, 0.717) is 28.6 Å². The van der Waals surface area contributed by atoms with Crippen LogP contribution in [0.5, 0.6) is 11.5 Å². The lowest BCUT2D eigenvalue weighted by Crippen LogP contribution is -2.41. The minimum atomic E-state index is -0.833. The molecule has 0 radical (unpaired) electrons. The Kier molecular flexibility index (Phi) is 8.38. The van der Waals surface area contributed by atoms with Gasteiger partial charge in [0.1, 0.15) is 24.2 Å². The van der Waals surface area contributed by atoms with E-state index in [1.54, 1.807) is 24.3 Å². The summed E-state index contributed by atoms with van der Waals surface area (Å²) in [4.78, 5) is 23.8. The number of benzene rings is 3. The molecule has 1 aliphatic heterocycles. The van der Waals surface area contributed by atoms with Crippen LogP contribution in [0.2, 0.25) is 5.02 Å². The van der Waals surface area contributed by atoms with Crippen molar-refractivity contribution in [2.75, 3.05) is 30.4 Å². The number of ether oxygens (including phenoxy) is 2. The lowest BCUT2D eigenvalue weighted by atomic mass is 10.1. The van der Waals surface area contributed by atoms with Crippen molar-refractivity contribution in [1.29, 1.82) is 0 Å². The number of carbonyl (C=O) groups excluding carboxylic acids is 1. The third kappa shape index (κ3) is 6.65. The Bertz CT molecular complexity index is 1160. The van der Waals surface area contributed by atoms with Crippen molar-refractivity contribution in [2.24, 2.45) is 0 Å². The fourth-order valence-electron chi connectivity index (χ4n) is 3.50. The van der Waals surface area contributed by atoms with Crippen LogP contribution in [0.25, 0.3) is 0 Å². The van der Waals surface area contributed by atoms with E-state index in [1.807, 2.05) is 56.4 Å². The maximum atomic E-state index is 12.6. The van der Waals surface area contributed by atoms with E-state index < -0.39 is 5.97 Å². The Balaban J connectivity index is 0.000000751. The molecular weight excluding hydrogens is 456 g/mol. The van der Waals surface area contributed by atoms with E-state index in [9.17, 15) is 4.79 Å². The van der Waals surface area contributed by atoms with Crippen molar-refractivity contribution in [3.8, 4) is 11.5 Å². The topological polar surface area (TPSA) is 88.1 Å². The molecule has 4 rings (SSSR count). The average Bonchev–Trinajstić information content (AvgIpc) is 2.79.